The summed E-state index contributed by atoms with van der Waals surface area (Å²) in [5.74, 6) is -0.0402. The van der Waals surface area contributed by atoms with Crippen molar-refractivity contribution in [1.82, 2.24) is 14.5 Å². The highest BCUT2D eigenvalue weighted by Crippen LogP contribution is 2.43. The largest absolute Gasteiger partial charge is 0.395 e. The van der Waals surface area contributed by atoms with E-state index in [1.165, 1.54) is 0 Å². The van der Waals surface area contributed by atoms with E-state index in [0.29, 0.717) is 25.1 Å². The predicted molar refractivity (Wildman–Crippen MR) is 95.9 cm³/mol. The van der Waals surface area contributed by atoms with Crippen molar-refractivity contribution in [2.45, 2.75) is 50.0 Å². The number of ether oxygens (including phenoxy) is 1. The third-order valence-corrected chi connectivity index (χ3v) is 6.03. The zero-order valence-electron chi connectivity index (χ0n) is 15.0. The van der Waals surface area contributed by atoms with Gasteiger partial charge in [-0.1, -0.05) is 0 Å². The van der Waals surface area contributed by atoms with Crippen molar-refractivity contribution < 1.29 is 19.7 Å². The Kier molecular flexibility index (Phi) is 4.46. The number of likely N-dealkylation sites (tertiary alicyclic amines) is 1. The highest BCUT2D eigenvalue weighted by atomic mass is 16.5. The molecule has 1 amide bonds. The van der Waals surface area contributed by atoms with Crippen LogP contribution in [0.3, 0.4) is 0 Å². The Morgan fingerprint density at radius 3 is 3.04 bits per heavy atom. The Bertz CT molecular complexity index is 820. The monoisotopic (exact) mass is 359 g/mol. The first kappa shape index (κ1) is 17.5. The topological polar surface area (TPSA) is 87.8 Å². The van der Waals surface area contributed by atoms with Crippen molar-refractivity contribution in [3.63, 3.8) is 0 Å². The average Bonchev–Trinajstić information content (AvgIpc) is 3.23. The molecule has 1 aromatic heterocycles. The first-order valence-electron chi connectivity index (χ1n) is 9.18. The Labute approximate surface area is 152 Å². The van der Waals surface area contributed by atoms with Gasteiger partial charge in [0, 0.05) is 25.8 Å². The number of hydrogen-bond donors (Lipinski definition) is 2. The number of imidazole rings is 1. The lowest BCUT2D eigenvalue weighted by molar-refractivity contribution is -0.0824. The molecule has 2 N–H and O–H groups in total. The lowest BCUT2D eigenvalue weighted by atomic mass is 9.79. The first-order chi connectivity index (χ1) is 12.6. The number of methoxy groups -OCH3 is 1. The summed E-state index contributed by atoms with van der Waals surface area (Å²) in [5, 5.41) is 19.2. The van der Waals surface area contributed by atoms with Gasteiger partial charge in [0.1, 0.15) is 0 Å². The van der Waals surface area contributed by atoms with E-state index in [1.807, 2.05) is 21.6 Å². The Morgan fingerprint density at radius 1 is 1.42 bits per heavy atom. The Morgan fingerprint density at radius 2 is 2.27 bits per heavy atom. The fourth-order valence-corrected chi connectivity index (χ4v) is 4.57. The number of aliphatic hydroxyl groups is 2. The van der Waals surface area contributed by atoms with E-state index in [9.17, 15) is 9.90 Å². The molecule has 26 heavy (non-hydrogen) atoms. The molecule has 1 saturated carbocycles. The molecule has 3 atom stereocenters. The van der Waals surface area contributed by atoms with Gasteiger partial charge in [0.25, 0.3) is 5.91 Å². The zero-order chi connectivity index (χ0) is 18.3. The van der Waals surface area contributed by atoms with Crippen LogP contribution in [0.25, 0.3) is 11.0 Å². The van der Waals surface area contributed by atoms with Gasteiger partial charge < -0.3 is 24.4 Å². The van der Waals surface area contributed by atoms with Gasteiger partial charge >= 0.3 is 0 Å². The van der Waals surface area contributed by atoms with Crippen molar-refractivity contribution >= 4 is 16.9 Å². The maximum Gasteiger partial charge on any atom is 0.254 e. The summed E-state index contributed by atoms with van der Waals surface area (Å²) in [6.45, 7) is 1.16. The van der Waals surface area contributed by atoms with E-state index in [-0.39, 0.29) is 30.3 Å². The molecule has 4 rings (SSSR count). The van der Waals surface area contributed by atoms with Crippen LogP contribution in [0, 0.1) is 0 Å². The summed E-state index contributed by atoms with van der Waals surface area (Å²) in [4.78, 5) is 19.4. The van der Waals surface area contributed by atoms with Crippen LogP contribution in [0.5, 0.6) is 0 Å². The second kappa shape index (κ2) is 6.64. The molecule has 7 heteroatoms. The first-order valence-corrected chi connectivity index (χ1v) is 9.18. The van der Waals surface area contributed by atoms with E-state index >= 15 is 0 Å². The molecule has 0 unspecified atom stereocenters. The summed E-state index contributed by atoms with van der Waals surface area (Å²) >= 11 is 0. The summed E-state index contributed by atoms with van der Waals surface area (Å²) in [5.41, 5.74) is 1.90. The van der Waals surface area contributed by atoms with Gasteiger partial charge in [0.15, 0.2) is 0 Å². The molecule has 1 saturated heterocycles. The smallest absolute Gasteiger partial charge is 0.254 e. The molecule has 0 spiro atoms. The fourth-order valence-electron chi connectivity index (χ4n) is 4.57. The number of carbonyl (C=O) groups excluding carboxylic acids is 1. The molecule has 1 aliphatic carbocycles. The van der Waals surface area contributed by atoms with Crippen molar-refractivity contribution in [2.24, 2.45) is 0 Å². The lowest BCUT2D eigenvalue weighted by Crippen LogP contribution is -2.52. The van der Waals surface area contributed by atoms with Crippen molar-refractivity contribution in [1.29, 1.82) is 0 Å². The van der Waals surface area contributed by atoms with Crippen LogP contribution in [0.4, 0.5) is 0 Å². The number of carbonyl (C=O) groups is 1. The molecule has 2 aliphatic rings. The Hall–Kier alpha value is -1.96. The minimum absolute atomic E-state index is 0.0402. The summed E-state index contributed by atoms with van der Waals surface area (Å²) in [6, 6.07) is 5.40. The zero-order valence-corrected chi connectivity index (χ0v) is 15.0. The van der Waals surface area contributed by atoms with E-state index < -0.39 is 0 Å². The van der Waals surface area contributed by atoms with Gasteiger partial charge in [-0.25, -0.2) is 4.98 Å². The van der Waals surface area contributed by atoms with E-state index in [4.69, 9.17) is 9.84 Å². The van der Waals surface area contributed by atoms with Crippen molar-refractivity contribution in [3.05, 3.63) is 30.1 Å². The highest BCUT2D eigenvalue weighted by Gasteiger charge is 2.52. The van der Waals surface area contributed by atoms with Gasteiger partial charge in [-0.15, -0.1) is 0 Å². The van der Waals surface area contributed by atoms with Gasteiger partial charge in [0.2, 0.25) is 0 Å². The Balaban J connectivity index is 1.62. The fraction of sp³-hybridized carbons (Fsp3) is 0.579. The average molecular weight is 359 g/mol. The summed E-state index contributed by atoms with van der Waals surface area (Å²) in [7, 11) is 1.71. The van der Waals surface area contributed by atoms with Crippen LogP contribution in [0.2, 0.25) is 0 Å². The minimum Gasteiger partial charge on any atom is -0.395 e. The number of amides is 1. The van der Waals surface area contributed by atoms with Crippen LogP contribution in [-0.4, -0.2) is 68.6 Å². The number of aromatic nitrogens is 2. The predicted octanol–water partition coefficient (Wildman–Crippen LogP) is 1.17. The second-order valence-electron chi connectivity index (χ2n) is 7.33. The molecule has 1 aliphatic heterocycles. The van der Waals surface area contributed by atoms with E-state index in [2.05, 4.69) is 4.98 Å². The summed E-state index contributed by atoms with van der Waals surface area (Å²) < 4.78 is 7.69. The lowest BCUT2D eigenvalue weighted by Gasteiger charge is -2.42. The quantitative estimate of drug-likeness (QED) is 0.856. The van der Waals surface area contributed by atoms with Crippen LogP contribution in [0.15, 0.2) is 24.5 Å². The molecular weight excluding hydrogens is 334 g/mol. The molecule has 0 bridgehead atoms. The maximum atomic E-state index is 13.2. The number of aliphatic hydroxyl groups excluding tert-OH is 2. The molecular formula is C19H25N3O4. The normalized spacial score (nSPS) is 28.5. The van der Waals surface area contributed by atoms with Crippen LogP contribution in [0.1, 0.15) is 36.0 Å². The number of benzene rings is 1. The third kappa shape index (κ3) is 2.71. The number of hydrogen-bond acceptors (Lipinski definition) is 5. The minimum atomic E-state index is -0.381. The summed E-state index contributed by atoms with van der Waals surface area (Å²) in [6.07, 6.45) is 4.17. The molecule has 2 aromatic rings. The number of fused-ring (bicyclic) bond motifs is 2. The van der Waals surface area contributed by atoms with Gasteiger partial charge in [-0.3, -0.25) is 4.79 Å². The number of nitrogens with zero attached hydrogens (tertiary/aromatic N) is 3. The maximum absolute atomic E-state index is 13.2. The second-order valence-corrected chi connectivity index (χ2v) is 7.33. The third-order valence-electron chi connectivity index (χ3n) is 6.03. The number of rotatable bonds is 4. The van der Waals surface area contributed by atoms with Gasteiger partial charge in [-0.05, 0) is 43.9 Å². The van der Waals surface area contributed by atoms with Gasteiger partial charge in [0.05, 0.1) is 41.7 Å². The molecule has 0 radical (unpaired) electrons. The molecule has 7 nitrogen and oxygen atoms in total. The standard InChI is InChI=1S/C19H25N3O4/c1-26-19-5-4-14(24)11-17(19)22(7-6-19)18(25)13-2-3-16-15(10-13)20-12-21(16)8-9-23/h2-3,10,12,14,17,23-24H,4-9,11H2,1H3/t14-,17+,19-/m1/s1. The van der Waals surface area contributed by atoms with E-state index in [0.717, 1.165) is 30.3 Å². The van der Waals surface area contributed by atoms with Crippen molar-refractivity contribution in [3.8, 4) is 0 Å². The highest BCUT2D eigenvalue weighted by molar-refractivity contribution is 5.97. The van der Waals surface area contributed by atoms with Gasteiger partial charge in [-0.2, -0.15) is 0 Å². The van der Waals surface area contributed by atoms with Crippen LogP contribution >= 0.6 is 0 Å². The molecule has 2 heterocycles. The van der Waals surface area contributed by atoms with Crippen molar-refractivity contribution in [2.75, 3.05) is 20.3 Å². The van der Waals surface area contributed by atoms with Crippen LogP contribution in [-0.2, 0) is 11.3 Å². The van der Waals surface area contributed by atoms with E-state index in [1.54, 1.807) is 19.5 Å². The molecule has 140 valence electrons. The molecule has 2 fully saturated rings. The van der Waals surface area contributed by atoms with Crippen LogP contribution < -0.4 is 0 Å². The molecule has 1 aromatic carbocycles. The SMILES string of the molecule is CO[C@@]12CC[C@@H](O)C[C@@H]1N(C(=O)c1ccc3c(c1)ncn3CCO)CC2.